The van der Waals surface area contributed by atoms with Gasteiger partial charge in [0, 0.05) is 17.1 Å². The fraction of sp³-hybridized carbons (Fsp3) is 0.167. The third kappa shape index (κ3) is 2.13. The van der Waals surface area contributed by atoms with Gasteiger partial charge in [-0.2, -0.15) is 0 Å². The van der Waals surface area contributed by atoms with Gasteiger partial charge in [0.2, 0.25) is 0 Å². The van der Waals surface area contributed by atoms with Gasteiger partial charge in [-0.05, 0) is 13.0 Å². The van der Waals surface area contributed by atoms with E-state index in [0.29, 0.717) is 5.56 Å². The molecule has 0 saturated heterocycles. The van der Waals surface area contributed by atoms with E-state index in [0.717, 1.165) is 10.9 Å². The van der Waals surface area contributed by atoms with Crippen LogP contribution in [0.15, 0.2) is 30.5 Å². The Kier molecular flexibility index (Phi) is 2.82. The molecule has 5 heteroatoms. The van der Waals surface area contributed by atoms with Gasteiger partial charge in [0.25, 0.3) is 5.91 Å². The number of fused-ring (bicyclic) bond motifs is 1. The van der Waals surface area contributed by atoms with Crippen LogP contribution in [0.25, 0.3) is 10.9 Å². The van der Waals surface area contributed by atoms with E-state index >= 15 is 0 Å². The highest BCUT2D eigenvalue weighted by Gasteiger charge is 2.18. The van der Waals surface area contributed by atoms with E-state index in [4.69, 9.17) is 10.5 Å². The number of hydrogen-bond donors (Lipinski definition) is 2. The maximum atomic E-state index is 11.8. The molecule has 88 valence electrons. The van der Waals surface area contributed by atoms with Crippen molar-refractivity contribution in [1.82, 2.24) is 4.98 Å². The van der Waals surface area contributed by atoms with Crippen LogP contribution in [0.5, 0.6) is 0 Å². The molecular formula is C12H12N2O3. The third-order valence-electron chi connectivity index (χ3n) is 2.49. The number of rotatable bonds is 3. The van der Waals surface area contributed by atoms with Gasteiger partial charge in [-0.1, -0.05) is 18.2 Å². The lowest BCUT2D eigenvalue weighted by atomic mass is 10.2. The number of amides is 1. The topological polar surface area (TPSA) is 85.2 Å². The second-order valence-electron chi connectivity index (χ2n) is 3.70. The van der Waals surface area contributed by atoms with E-state index in [1.54, 1.807) is 12.3 Å². The molecule has 0 radical (unpaired) electrons. The largest absolute Gasteiger partial charge is 0.449 e. The lowest BCUT2D eigenvalue weighted by Crippen LogP contribution is -2.30. The van der Waals surface area contributed by atoms with Crippen molar-refractivity contribution in [1.29, 1.82) is 0 Å². The number of ether oxygens (including phenoxy) is 1. The molecule has 0 aliphatic heterocycles. The lowest BCUT2D eigenvalue weighted by Gasteiger charge is -2.08. The number of aromatic amines is 1. The van der Waals surface area contributed by atoms with E-state index in [2.05, 4.69) is 4.98 Å². The Balaban J connectivity index is 2.28. The van der Waals surface area contributed by atoms with Crippen molar-refractivity contribution in [2.75, 3.05) is 0 Å². The number of para-hydroxylation sites is 1. The van der Waals surface area contributed by atoms with Crippen molar-refractivity contribution >= 4 is 22.8 Å². The zero-order chi connectivity index (χ0) is 12.4. The van der Waals surface area contributed by atoms with Gasteiger partial charge in [0.1, 0.15) is 0 Å². The van der Waals surface area contributed by atoms with Gasteiger partial charge in [0.05, 0.1) is 5.56 Å². The number of carbonyl (C=O) groups is 2. The average molecular weight is 232 g/mol. The van der Waals surface area contributed by atoms with Crippen molar-refractivity contribution in [3.8, 4) is 0 Å². The minimum absolute atomic E-state index is 0.397. The molecule has 1 heterocycles. The minimum atomic E-state index is -0.934. The Morgan fingerprint density at radius 2 is 2.06 bits per heavy atom. The second kappa shape index (κ2) is 4.29. The Labute approximate surface area is 97.6 Å². The second-order valence-corrected chi connectivity index (χ2v) is 3.70. The highest BCUT2D eigenvalue weighted by Crippen LogP contribution is 2.18. The summed E-state index contributed by atoms with van der Waals surface area (Å²) in [6.07, 6.45) is 0.622. The summed E-state index contributed by atoms with van der Waals surface area (Å²) in [5, 5.41) is 0.758. The first kappa shape index (κ1) is 11.2. The summed E-state index contributed by atoms with van der Waals surface area (Å²) in [4.78, 5) is 25.5. The van der Waals surface area contributed by atoms with Crippen molar-refractivity contribution in [2.24, 2.45) is 5.73 Å². The van der Waals surface area contributed by atoms with Gasteiger partial charge in [0.15, 0.2) is 6.10 Å². The van der Waals surface area contributed by atoms with Crippen LogP contribution in [0.1, 0.15) is 17.3 Å². The van der Waals surface area contributed by atoms with Crippen molar-refractivity contribution in [3.63, 3.8) is 0 Å². The van der Waals surface area contributed by atoms with Crippen LogP contribution in [0, 0.1) is 0 Å². The number of esters is 1. The number of benzene rings is 1. The van der Waals surface area contributed by atoms with E-state index in [-0.39, 0.29) is 0 Å². The van der Waals surface area contributed by atoms with Crippen LogP contribution < -0.4 is 5.73 Å². The molecule has 1 aromatic carbocycles. The quantitative estimate of drug-likeness (QED) is 0.779. The summed E-state index contributed by atoms with van der Waals surface area (Å²) < 4.78 is 4.93. The van der Waals surface area contributed by atoms with Gasteiger partial charge in [-0.3, -0.25) is 4.79 Å². The van der Waals surface area contributed by atoms with E-state index in [1.165, 1.54) is 6.92 Å². The van der Waals surface area contributed by atoms with Gasteiger partial charge in [-0.25, -0.2) is 4.79 Å². The standard InChI is InChI=1S/C12H12N2O3/c1-7(11(13)15)17-12(16)9-6-14-10-5-3-2-4-8(9)10/h2-7,14H,1H3,(H2,13,15). The fourth-order valence-electron chi connectivity index (χ4n) is 1.52. The first-order chi connectivity index (χ1) is 8.09. The third-order valence-corrected chi connectivity index (χ3v) is 2.49. The van der Waals surface area contributed by atoms with Crippen molar-refractivity contribution < 1.29 is 14.3 Å². The molecule has 3 N–H and O–H groups in total. The number of carbonyl (C=O) groups excluding carboxylic acids is 2. The van der Waals surface area contributed by atoms with E-state index < -0.39 is 18.0 Å². The van der Waals surface area contributed by atoms with Crippen LogP contribution in [0.3, 0.4) is 0 Å². The molecule has 17 heavy (non-hydrogen) atoms. The van der Waals surface area contributed by atoms with E-state index in [1.807, 2.05) is 18.2 Å². The Bertz CT molecular complexity index is 574. The van der Waals surface area contributed by atoms with Crippen LogP contribution in [0.4, 0.5) is 0 Å². The normalized spacial score (nSPS) is 12.3. The predicted octanol–water partition coefficient (Wildman–Crippen LogP) is 1.20. The zero-order valence-corrected chi connectivity index (χ0v) is 9.27. The Morgan fingerprint density at radius 3 is 2.76 bits per heavy atom. The first-order valence-corrected chi connectivity index (χ1v) is 5.16. The number of nitrogens with two attached hydrogens (primary N) is 1. The van der Waals surface area contributed by atoms with Crippen molar-refractivity contribution in [2.45, 2.75) is 13.0 Å². The highest BCUT2D eigenvalue weighted by molar-refractivity contribution is 6.04. The van der Waals surface area contributed by atoms with Crippen molar-refractivity contribution in [3.05, 3.63) is 36.0 Å². The SMILES string of the molecule is CC(OC(=O)c1c[nH]c2ccccc12)C(N)=O. The van der Waals surface area contributed by atoms with Gasteiger partial charge in [-0.15, -0.1) is 0 Å². The van der Waals surface area contributed by atoms with E-state index in [9.17, 15) is 9.59 Å². The molecule has 1 aromatic heterocycles. The molecule has 0 aliphatic rings. The van der Waals surface area contributed by atoms with Crippen LogP contribution in [0.2, 0.25) is 0 Å². The Hall–Kier alpha value is -2.30. The smallest absolute Gasteiger partial charge is 0.341 e. The molecule has 2 aromatic rings. The maximum Gasteiger partial charge on any atom is 0.341 e. The Morgan fingerprint density at radius 1 is 1.35 bits per heavy atom. The molecule has 1 amide bonds. The fourth-order valence-corrected chi connectivity index (χ4v) is 1.52. The summed E-state index contributed by atoms with van der Waals surface area (Å²) in [7, 11) is 0. The number of aromatic nitrogens is 1. The monoisotopic (exact) mass is 232 g/mol. The molecule has 0 fully saturated rings. The molecular weight excluding hydrogens is 220 g/mol. The molecule has 1 unspecified atom stereocenters. The molecule has 5 nitrogen and oxygen atoms in total. The molecule has 1 atom stereocenters. The summed E-state index contributed by atoms with van der Waals surface area (Å²) in [5.41, 5.74) is 6.26. The van der Waals surface area contributed by atoms with Crippen LogP contribution in [-0.4, -0.2) is 23.0 Å². The summed E-state index contributed by atoms with van der Waals surface area (Å²) in [5.74, 6) is -1.23. The lowest BCUT2D eigenvalue weighted by molar-refractivity contribution is -0.125. The predicted molar refractivity (Wildman–Crippen MR) is 62.4 cm³/mol. The average Bonchev–Trinajstić information content (AvgIpc) is 2.72. The number of H-pyrrole nitrogens is 1. The molecule has 0 bridgehead atoms. The first-order valence-electron chi connectivity index (χ1n) is 5.16. The summed E-state index contributed by atoms with van der Waals surface area (Å²) >= 11 is 0. The highest BCUT2D eigenvalue weighted by atomic mass is 16.5. The molecule has 0 saturated carbocycles. The zero-order valence-electron chi connectivity index (χ0n) is 9.27. The minimum Gasteiger partial charge on any atom is -0.449 e. The molecule has 0 aliphatic carbocycles. The maximum absolute atomic E-state index is 11.8. The molecule has 2 rings (SSSR count). The van der Waals surface area contributed by atoms with Crippen LogP contribution in [-0.2, 0) is 9.53 Å². The number of primary amides is 1. The van der Waals surface area contributed by atoms with Gasteiger partial charge < -0.3 is 15.5 Å². The summed E-state index contributed by atoms with van der Waals surface area (Å²) in [6, 6.07) is 7.34. The van der Waals surface area contributed by atoms with Crippen LogP contribution >= 0.6 is 0 Å². The number of hydrogen-bond acceptors (Lipinski definition) is 3. The number of nitrogens with one attached hydrogen (secondary N) is 1. The summed E-state index contributed by atoms with van der Waals surface area (Å²) in [6.45, 7) is 1.44. The molecule has 0 spiro atoms. The van der Waals surface area contributed by atoms with Gasteiger partial charge >= 0.3 is 5.97 Å².